The Kier molecular flexibility index (Phi) is 6.32. The largest absolute Gasteiger partial charge is 0.573 e. The average molecular weight is 408 g/mol. The Labute approximate surface area is 167 Å². The molecule has 0 radical (unpaired) electrons. The van der Waals surface area contributed by atoms with Gasteiger partial charge in [-0.3, -0.25) is 4.79 Å². The van der Waals surface area contributed by atoms with Gasteiger partial charge in [0, 0.05) is 24.5 Å². The highest BCUT2D eigenvalue weighted by molar-refractivity contribution is 5.92. The smallest absolute Gasteiger partial charge is 0.406 e. The van der Waals surface area contributed by atoms with Crippen LogP contribution in [-0.4, -0.2) is 37.6 Å². The van der Waals surface area contributed by atoms with Crippen molar-refractivity contribution in [2.45, 2.75) is 38.8 Å². The lowest BCUT2D eigenvalue weighted by atomic mass is 10.1. The van der Waals surface area contributed by atoms with Gasteiger partial charge in [-0.1, -0.05) is 12.1 Å². The predicted octanol–water partition coefficient (Wildman–Crippen LogP) is 4.38. The van der Waals surface area contributed by atoms with Gasteiger partial charge in [0.25, 0.3) is 0 Å². The second kappa shape index (κ2) is 8.73. The van der Waals surface area contributed by atoms with Crippen LogP contribution in [0.15, 0.2) is 48.5 Å². The van der Waals surface area contributed by atoms with Gasteiger partial charge in [0.2, 0.25) is 5.91 Å². The summed E-state index contributed by atoms with van der Waals surface area (Å²) in [7, 11) is 0. The van der Waals surface area contributed by atoms with Gasteiger partial charge in [0.1, 0.15) is 5.75 Å². The van der Waals surface area contributed by atoms with E-state index >= 15 is 0 Å². The number of alkyl halides is 3. The number of halogens is 3. The zero-order chi connectivity index (χ0) is 21.0. The van der Waals surface area contributed by atoms with Gasteiger partial charge in [0.15, 0.2) is 0 Å². The van der Waals surface area contributed by atoms with Crippen LogP contribution in [0.1, 0.15) is 19.4 Å². The third-order valence-corrected chi connectivity index (χ3v) is 4.46. The van der Waals surface area contributed by atoms with E-state index in [1.807, 2.05) is 38.1 Å². The molecule has 2 atom stereocenters. The molecular weight excluding hydrogens is 385 g/mol. The van der Waals surface area contributed by atoms with E-state index in [-0.39, 0.29) is 30.3 Å². The normalized spacial score (nSPS) is 19.7. The van der Waals surface area contributed by atoms with E-state index in [0.29, 0.717) is 11.3 Å². The molecule has 1 saturated heterocycles. The van der Waals surface area contributed by atoms with Crippen LogP contribution in [0.4, 0.5) is 24.5 Å². The maximum Gasteiger partial charge on any atom is 0.573 e. The molecule has 1 N–H and O–H groups in total. The summed E-state index contributed by atoms with van der Waals surface area (Å²) < 4.78 is 46.1. The minimum absolute atomic E-state index is 0.0482. The first-order chi connectivity index (χ1) is 13.7. The summed E-state index contributed by atoms with van der Waals surface area (Å²) in [6.07, 6.45) is -4.37. The molecule has 0 spiro atoms. The topological polar surface area (TPSA) is 50.8 Å². The van der Waals surface area contributed by atoms with E-state index in [1.54, 1.807) is 0 Å². The molecule has 0 aliphatic carbocycles. The van der Waals surface area contributed by atoms with Crippen molar-refractivity contribution in [3.8, 4) is 5.75 Å². The molecule has 1 aliphatic heterocycles. The van der Waals surface area contributed by atoms with Crippen LogP contribution in [0.5, 0.6) is 5.75 Å². The predicted molar refractivity (Wildman–Crippen MR) is 104 cm³/mol. The summed E-state index contributed by atoms with van der Waals surface area (Å²) in [5.74, 6) is -0.570. The number of carbonyl (C=O) groups excluding carboxylic acids is 1. The highest BCUT2D eigenvalue weighted by Gasteiger charge is 2.31. The zero-order valence-electron chi connectivity index (χ0n) is 16.2. The Morgan fingerprint density at radius 2 is 1.66 bits per heavy atom. The van der Waals surface area contributed by atoms with E-state index in [9.17, 15) is 18.0 Å². The maximum absolute atomic E-state index is 12.2. The number of benzene rings is 2. The van der Waals surface area contributed by atoms with Crippen LogP contribution in [0, 0.1) is 0 Å². The molecule has 0 aromatic heterocycles. The number of anilines is 2. The van der Waals surface area contributed by atoms with Crippen LogP contribution >= 0.6 is 0 Å². The molecule has 8 heteroatoms. The van der Waals surface area contributed by atoms with Gasteiger partial charge >= 0.3 is 6.36 Å². The third-order valence-electron chi connectivity index (χ3n) is 4.46. The number of nitrogens with one attached hydrogen (secondary N) is 1. The van der Waals surface area contributed by atoms with Gasteiger partial charge in [-0.2, -0.15) is 0 Å². The molecule has 5 nitrogen and oxygen atoms in total. The summed E-state index contributed by atoms with van der Waals surface area (Å²) in [5, 5.41) is 2.80. The second-order valence-electron chi connectivity index (χ2n) is 7.13. The fourth-order valence-corrected chi connectivity index (χ4v) is 3.34. The van der Waals surface area contributed by atoms with Crippen molar-refractivity contribution in [3.63, 3.8) is 0 Å². The lowest BCUT2D eigenvalue weighted by Gasteiger charge is -2.36. The number of morpholine rings is 1. The third kappa shape index (κ3) is 6.39. The number of carbonyl (C=O) groups is 1. The van der Waals surface area contributed by atoms with Crippen LogP contribution in [0.25, 0.3) is 0 Å². The first-order valence-corrected chi connectivity index (χ1v) is 9.33. The van der Waals surface area contributed by atoms with Crippen molar-refractivity contribution in [2.24, 2.45) is 0 Å². The fraction of sp³-hybridized carbons (Fsp3) is 0.381. The van der Waals surface area contributed by atoms with Gasteiger partial charge in [-0.15, -0.1) is 13.2 Å². The first-order valence-electron chi connectivity index (χ1n) is 9.33. The van der Waals surface area contributed by atoms with E-state index in [2.05, 4.69) is 15.0 Å². The number of rotatable bonds is 5. The molecule has 0 saturated carbocycles. The summed E-state index contributed by atoms with van der Waals surface area (Å²) in [5.41, 5.74) is 2.31. The maximum atomic E-state index is 12.2. The quantitative estimate of drug-likeness (QED) is 0.798. The van der Waals surface area contributed by atoms with E-state index < -0.39 is 6.36 Å². The Balaban J connectivity index is 1.54. The molecule has 1 aliphatic rings. The van der Waals surface area contributed by atoms with Crippen molar-refractivity contribution in [1.29, 1.82) is 0 Å². The van der Waals surface area contributed by atoms with Crippen LogP contribution in [-0.2, 0) is 16.0 Å². The molecule has 156 valence electrons. The number of amides is 1. The van der Waals surface area contributed by atoms with Gasteiger partial charge in [0.05, 0.1) is 18.6 Å². The zero-order valence-corrected chi connectivity index (χ0v) is 16.2. The standard InChI is InChI=1S/C21H23F3N2O3/c1-14-12-26(13-15(2)28-14)18-7-5-17(6-8-18)25-20(27)11-16-3-9-19(10-4-16)29-21(22,23)24/h3-10,14-15H,11-13H2,1-2H3,(H,25,27). The molecule has 1 fully saturated rings. The first kappa shape index (κ1) is 21.0. The molecule has 1 heterocycles. The molecule has 2 aromatic rings. The number of ether oxygens (including phenoxy) is 2. The van der Waals surface area contributed by atoms with Crippen LogP contribution in [0.3, 0.4) is 0 Å². The van der Waals surface area contributed by atoms with E-state index in [4.69, 9.17) is 4.74 Å². The molecule has 2 aromatic carbocycles. The minimum Gasteiger partial charge on any atom is -0.406 e. The molecule has 1 amide bonds. The Morgan fingerprint density at radius 3 is 2.21 bits per heavy atom. The summed E-state index contributed by atoms with van der Waals surface area (Å²) >= 11 is 0. The van der Waals surface area contributed by atoms with Gasteiger partial charge in [-0.05, 0) is 55.8 Å². The van der Waals surface area contributed by atoms with Crippen LogP contribution in [0.2, 0.25) is 0 Å². The van der Waals surface area contributed by atoms with Crippen molar-refractivity contribution < 1.29 is 27.4 Å². The van der Waals surface area contributed by atoms with Gasteiger partial charge < -0.3 is 19.7 Å². The number of hydrogen-bond acceptors (Lipinski definition) is 4. The Morgan fingerprint density at radius 1 is 1.07 bits per heavy atom. The second-order valence-corrected chi connectivity index (χ2v) is 7.13. The summed E-state index contributed by atoms with van der Waals surface area (Å²) in [4.78, 5) is 14.5. The van der Waals surface area contributed by atoms with Gasteiger partial charge in [-0.25, -0.2) is 0 Å². The Bertz CT molecular complexity index is 813. The lowest BCUT2D eigenvalue weighted by molar-refractivity contribution is -0.274. The minimum atomic E-state index is -4.73. The molecule has 3 rings (SSSR count). The highest BCUT2D eigenvalue weighted by Crippen LogP contribution is 2.24. The molecule has 2 unspecified atom stereocenters. The Hall–Kier alpha value is -2.74. The van der Waals surface area contributed by atoms with E-state index in [0.717, 1.165) is 18.8 Å². The average Bonchev–Trinajstić information content (AvgIpc) is 2.62. The molecule has 29 heavy (non-hydrogen) atoms. The number of nitrogens with zero attached hydrogens (tertiary/aromatic N) is 1. The van der Waals surface area contributed by atoms with Crippen LogP contribution < -0.4 is 15.0 Å². The summed E-state index contributed by atoms with van der Waals surface area (Å²) in [6.45, 7) is 5.70. The monoisotopic (exact) mass is 408 g/mol. The fourth-order valence-electron chi connectivity index (χ4n) is 3.34. The van der Waals surface area contributed by atoms with Crippen molar-refractivity contribution in [2.75, 3.05) is 23.3 Å². The van der Waals surface area contributed by atoms with Crippen molar-refractivity contribution in [1.82, 2.24) is 0 Å². The number of hydrogen-bond donors (Lipinski definition) is 1. The summed E-state index contributed by atoms with van der Waals surface area (Å²) in [6, 6.07) is 12.8. The highest BCUT2D eigenvalue weighted by atomic mass is 19.4. The van der Waals surface area contributed by atoms with E-state index in [1.165, 1.54) is 24.3 Å². The molecular formula is C21H23F3N2O3. The van der Waals surface area contributed by atoms with Crippen molar-refractivity contribution >= 4 is 17.3 Å². The van der Waals surface area contributed by atoms with Crippen molar-refractivity contribution in [3.05, 3.63) is 54.1 Å². The SMILES string of the molecule is CC1CN(c2ccc(NC(=O)Cc3ccc(OC(F)(F)F)cc3)cc2)CC(C)O1. The molecule has 0 bridgehead atoms. The lowest BCUT2D eigenvalue weighted by Crippen LogP contribution is -2.45.